The lowest BCUT2D eigenvalue weighted by Gasteiger charge is -2.26. The smallest absolute Gasteiger partial charge is 0.206 e. The van der Waals surface area contributed by atoms with Crippen molar-refractivity contribution in [2.24, 2.45) is 0 Å². The standard InChI is InChI=1S/C18H20FNO2S/c1-20-12-14-7-5-6-13-10-16(11-17(19)18(13)14)23(21,22)15-8-3-2-4-9-15/h2-4,8-11,14,20H,5-7,12H2,1H3/t14-/m0/s1. The number of fused-ring (bicyclic) bond motifs is 1. The van der Waals surface area contributed by atoms with Crippen LogP contribution in [0.3, 0.4) is 0 Å². The van der Waals surface area contributed by atoms with Crippen LogP contribution >= 0.6 is 0 Å². The number of benzene rings is 2. The Hall–Kier alpha value is -1.72. The molecule has 122 valence electrons. The van der Waals surface area contributed by atoms with Crippen LogP contribution in [0.15, 0.2) is 52.3 Å². The van der Waals surface area contributed by atoms with Gasteiger partial charge < -0.3 is 5.32 Å². The van der Waals surface area contributed by atoms with Gasteiger partial charge in [-0.25, -0.2) is 12.8 Å². The Kier molecular flexibility index (Phi) is 4.50. The zero-order chi connectivity index (χ0) is 16.4. The van der Waals surface area contributed by atoms with Gasteiger partial charge in [-0.2, -0.15) is 0 Å². The maximum Gasteiger partial charge on any atom is 0.206 e. The van der Waals surface area contributed by atoms with Crippen LogP contribution in [0.5, 0.6) is 0 Å². The van der Waals surface area contributed by atoms with Crippen molar-refractivity contribution in [3.05, 3.63) is 59.4 Å². The van der Waals surface area contributed by atoms with E-state index in [1.807, 2.05) is 7.05 Å². The van der Waals surface area contributed by atoms with E-state index < -0.39 is 15.7 Å². The van der Waals surface area contributed by atoms with Crippen molar-refractivity contribution in [3.8, 4) is 0 Å². The molecular weight excluding hydrogens is 313 g/mol. The summed E-state index contributed by atoms with van der Waals surface area (Å²) in [5.74, 6) is -0.297. The molecule has 5 heteroatoms. The highest BCUT2D eigenvalue weighted by Gasteiger charge is 2.27. The van der Waals surface area contributed by atoms with Crippen LogP contribution in [0.4, 0.5) is 4.39 Å². The van der Waals surface area contributed by atoms with E-state index in [1.165, 1.54) is 18.2 Å². The minimum absolute atomic E-state index is 0.0463. The quantitative estimate of drug-likeness (QED) is 0.934. The SMILES string of the molecule is CNC[C@@H]1CCCc2cc(S(=O)(=O)c3ccccc3)cc(F)c21. The summed E-state index contributed by atoms with van der Waals surface area (Å²) in [5.41, 5.74) is 1.50. The highest BCUT2D eigenvalue weighted by atomic mass is 32.2. The molecule has 0 saturated heterocycles. The molecule has 3 rings (SSSR count). The lowest BCUT2D eigenvalue weighted by molar-refractivity contribution is 0.489. The molecule has 0 fully saturated rings. The maximum absolute atomic E-state index is 14.7. The molecule has 2 aromatic carbocycles. The van der Waals surface area contributed by atoms with E-state index in [0.717, 1.165) is 24.8 Å². The molecular formula is C18H20FNO2S. The summed E-state index contributed by atoms with van der Waals surface area (Å²) in [6, 6.07) is 11.0. The Bertz CT molecular complexity index is 803. The fourth-order valence-corrected chi connectivity index (χ4v) is 4.68. The average Bonchev–Trinajstić information content (AvgIpc) is 2.56. The number of halogens is 1. The van der Waals surface area contributed by atoms with E-state index in [1.54, 1.807) is 24.3 Å². The van der Waals surface area contributed by atoms with Crippen molar-refractivity contribution >= 4 is 9.84 Å². The first kappa shape index (κ1) is 16.1. The predicted molar refractivity (Wildman–Crippen MR) is 87.9 cm³/mol. The van der Waals surface area contributed by atoms with Crippen molar-refractivity contribution in [3.63, 3.8) is 0 Å². The lowest BCUT2D eigenvalue weighted by Crippen LogP contribution is -2.23. The molecule has 1 aliphatic carbocycles. The molecule has 1 aliphatic rings. The summed E-state index contributed by atoms with van der Waals surface area (Å²) in [5, 5.41) is 3.09. The molecule has 23 heavy (non-hydrogen) atoms. The third-order valence-corrected chi connectivity index (χ3v) is 6.16. The van der Waals surface area contributed by atoms with Crippen LogP contribution in [0.2, 0.25) is 0 Å². The van der Waals surface area contributed by atoms with Gasteiger partial charge in [0, 0.05) is 6.54 Å². The molecule has 0 unspecified atom stereocenters. The van der Waals surface area contributed by atoms with Gasteiger partial charge in [0.25, 0.3) is 0 Å². The van der Waals surface area contributed by atoms with Crippen LogP contribution < -0.4 is 5.32 Å². The Balaban J connectivity index is 2.08. The fourth-order valence-electron chi connectivity index (χ4n) is 3.34. The van der Waals surface area contributed by atoms with Gasteiger partial charge in [-0.1, -0.05) is 18.2 Å². The molecule has 3 nitrogen and oxygen atoms in total. The third kappa shape index (κ3) is 3.03. The monoisotopic (exact) mass is 333 g/mol. The summed E-state index contributed by atoms with van der Waals surface area (Å²) >= 11 is 0. The second-order valence-corrected chi connectivity index (χ2v) is 7.89. The second-order valence-electron chi connectivity index (χ2n) is 5.94. The van der Waals surface area contributed by atoms with Crippen LogP contribution in [0.1, 0.15) is 29.9 Å². The third-order valence-electron chi connectivity index (χ3n) is 4.41. The largest absolute Gasteiger partial charge is 0.319 e. The fraction of sp³-hybridized carbons (Fsp3) is 0.333. The summed E-state index contributed by atoms with van der Waals surface area (Å²) < 4.78 is 40.1. The van der Waals surface area contributed by atoms with E-state index >= 15 is 0 Å². The van der Waals surface area contributed by atoms with Crippen LogP contribution in [0, 0.1) is 5.82 Å². The first-order valence-corrected chi connectivity index (χ1v) is 9.29. The Morgan fingerprint density at radius 2 is 1.91 bits per heavy atom. The molecule has 0 aromatic heterocycles. The molecule has 1 atom stereocenters. The number of rotatable bonds is 4. The highest BCUT2D eigenvalue weighted by molar-refractivity contribution is 7.91. The van der Waals surface area contributed by atoms with Crippen molar-refractivity contribution < 1.29 is 12.8 Å². The Labute approximate surface area is 136 Å². The van der Waals surface area contributed by atoms with Crippen molar-refractivity contribution in [2.45, 2.75) is 35.0 Å². The minimum atomic E-state index is -3.68. The predicted octanol–water partition coefficient (Wildman–Crippen LogP) is 3.30. The lowest BCUT2D eigenvalue weighted by atomic mass is 9.82. The van der Waals surface area contributed by atoms with Gasteiger partial charge >= 0.3 is 0 Å². The van der Waals surface area contributed by atoms with Gasteiger partial charge in [-0.05, 0) is 67.6 Å². The average molecular weight is 333 g/mol. The van der Waals surface area contributed by atoms with E-state index in [-0.39, 0.29) is 15.7 Å². The summed E-state index contributed by atoms with van der Waals surface area (Å²) in [6.45, 7) is 0.703. The van der Waals surface area contributed by atoms with Gasteiger partial charge in [0.05, 0.1) is 9.79 Å². The summed E-state index contributed by atoms with van der Waals surface area (Å²) in [7, 11) is -1.83. The molecule has 0 heterocycles. The molecule has 2 aromatic rings. The molecule has 0 bridgehead atoms. The van der Waals surface area contributed by atoms with E-state index in [4.69, 9.17) is 0 Å². The van der Waals surface area contributed by atoms with Gasteiger partial charge in [0.1, 0.15) is 5.82 Å². The topological polar surface area (TPSA) is 46.2 Å². The van der Waals surface area contributed by atoms with E-state index in [0.29, 0.717) is 12.1 Å². The van der Waals surface area contributed by atoms with Crippen molar-refractivity contribution in [1.29, 1.82) is 0 Å². The first-order chi connectivity index (χ1) is 11.0. The molecule has 0 aliphatic heterocycles. The first-order valence-electron chi connectivity index (χ1n) is 7.81. The molecule has 0 radical (unpaired) electrons. The number of likely N-dealkylation sites (N-methyl/N-ethyl adjacent to an activating group) is 1. The number of nitrogens with one attached hydrogen (secondary N) is 1. The van der Waals surface area contributed by atoms with Crippen LogP contribution in [-0.2, 0) is 16.3 Å². The van der Waals surface area contributed by atoms with Gasteiger partial charge in [0.2, 0.25) is 9.84 Å². The van der Waals surface area contributed by atoms with Crippen molar-refractivity contribution in [1.82, 2.24) is 5.32 Å². The van der Waals surface area contributed by atoms with Crippen LogP contribution in [0.25, 0.3) is 0 Å². The normalized spacial score (nSPS) is 17.7. The molecule has 0 saturated carbocycles. The van der Waals surface area contributed by atoms with E-state index in [2.05, 4.69) is 5.32 Å². The molecule has 1 N–H and O–H groups in total. The summed E-state index contributed by atoms with van der Waals surface area (Å²) in [6.07, 6.45) is 2.60. The molecule has 0 spiro atoms. The van der Waals surface area contributed by atoms with Crippen LogP contribution in [-0.4, -0.2) is 22.0 Å². The Morgan fingerprint density at radius 1 is 1.17 bits per heavy atom. The Morgan fingerprint density at radius 3 is 2.61 bits per heavy atom. The second kappa shape index (κ2) is 6.42. The van der Waals surface area contributed by atoms with E-state index in [9.17, 15) is 12.8 Å². The zero-order valence-electron chi connectivity index (χ0n) is 13.0. The highest BCUT2D eigenvalue weighted by Crippen LogP contribution is 2.35. The number of hydrogen-bond donors (Lipinski definition) is 1. The number of aryl methyl sites for hydroxylation is 1. The summed E-state index contributed by atoms with van der Waals surface area (Å²) in [4.78, 5) is 0.243. The minimum Gasteiger partial charge on any atom is -0.319 e. The van der Waals surface area contributed by atoms with Gasteiger partial charge in [-0.15, -0.1) is 0 Å². The number of hydrogen-bond acceptors (Lipinski definition) is 3. The van der Waals surface area contributed by atoms with Gasteiger partial charge in [-0.3, -0.25) is 0 Å². The molecule has 0 amide bonds. The zero-order valence-corrected chi connectivity index (χ0v) is 13.9. The maximum atomic E-state index is 14.7. The van der Waals surface area contributed by atoms with Crippen molar-refractivity contribution in [2.75, 3.05) is 13.6 Å². The van der Waals surface area contributed by atoms with Gasteiger partial charge in [0.15, 0.2) is 0 Å². The number of sulfone groups is 1.